The van der Waals surface area contributed by atoms with E-state index < -0.39 is 0 Å². The molecule has 0 spiro atoms. The number of nitrogens with one attached hydrogen (secondary N) is 1. The van der Waals surface area contributed by atoms with Crippen molar-refractivity contribution in [1.82, 2.24) is 10.2 Å². The van der Waals surface area contributed by atoms with Crippen LogP contribution in [-0.4, -0.2) is 62.3 Å². The Kier molecular flexibility index (Phi) is 7.77. The second-order valence-corrected chi connectivity index (χ2v) is 10.2. The maximum atomic E-state index is 13.4. The van der Waals surface area contributed by atoms with Crippen molar-refractivity contribution in [3.63, 3.8) is 0 Å². The zero-order valence-electron chi connectivity index (χ0n) is 21.0. The van der Waals surface area contributed by atoms with Gasteiger partial charge in [0, 0.05) is 43.9 Å². The van der Waals surface area contributed by atoms with E-state index in [-0.39, 0.29) is 18.1 Å². The molecule has 2 heterocycles. The molecule has 1 unspecified atom stereocenters. The van der Waals surface area contributed by atoms with Gasteiger partial charge in [0.2, 0.25) is 5.91 Å². The van der Waals surface area contributed by atoms with Gasteiger partial charge < -0.3 is 24.6 Å². The van der Waals surface area contributed by atoms with Crippen molar-refractivity contribution in [3.8, 4) is 11.5 Å². The van der Waals surface area contributed by atoms with E-state index in [9.17, 15) is 4.79 Å². The fraction of sp³-hybridized carbons (Fsp3) is 0.552. The Morgan fingerprint density at radius 1 is 1.00 bits per heavy atom. The molecule has 2 aromatic rings. The molecule has 1 amide bonds. The number of nitrogens with zero attached hydrogens (tertiary/aromatic N) is 2. The summed E-state index contributed by atoms with van der Waals surface area (Å²) in [7, 11) is 1.70. The number of rotatable bonds is 8. The lowest BCUT2D eigenvalue weighted by atomic mass is 10.00. The summed E-state index contributed by atoms with van der Waals surface area (Å²) in [5, 5.41) is 3.49. The maximum Gasteiger partial charge on any atom is 0.224 e. The van der Waals surface area contributed by atoms with Gasteiger partial charge in [-0.15, -0.1) is 0 Å². The minimum atomic E-state index is 0.140. The Morgan fingerprint density at radius 3 is 2.57 bits per heavy atom. The monoisotopic (exact) mass is 477 g/mol. The molecule has 1 saturated carbocycles. The van der Waals surface area contributed by atoms with Crippen molar-refractivity contribution < 1.29 is 14.3 Å². The van der Waals surface area contributed by atoms with E-state index in [1.54, 1.807) is 7.11 Å². The molecule has 2 saturated heterocycles. The topological polar surface area (TPSA) is 54.0 Å². The molecule has 2 aromatic carbocycles. The Hall–Kier alpha value is -2.73. The standard InChI is InChI=1S/C29H39N3O3/c1-34-27-14-13-24(20-28(27)35-26-11-5-6-12-26)31-16-17-32(29(33)19-23-10-7-15-30-23)25(21-31)18-22-8-3-2-4-9-22/h2-4,8-9,13-14,20,23,25-26,30H,5-7,10-12,15-19,21H2,1H3/t23?,25-/m0/s1. The first-order chi connectivity index (χ1) is 17.2. The number of hydrogen-bond donors (Lipinski definition) is 1. The number of carbonyl (C=O) groups is 1. The third kappa shape index (κ3) is 5.92. The summed E-state index contributed by atoms with van der Waals surface area (Å²) in [5.74, 6) is 1.91. The lowest BCUT2D eigenvalue weighted by Crippen LogP contribution is -2.56. The first-order valence-electron chi connectivity index (χ1n) is 13.4. The summed E-state index contributed by atoms with van der Waals surface area (Å²) in [6, 6.07) is 17.3. The van der Waals surface area contributed by atoms with Gasteiger partial charge in [0.05, 0.1) is 19.3 Å². The molecular formula is C29H39N3O3. The fourth-order valence-electron chi connectivity index (χ4n) is 5.88. The van der Waals surface area contributed by atoms with Gasteiger partial charge in [-0.3, -0.25) is 4.79 Å². The summed E-state index contributed by atoms with van der Waals surface area (Å²) in [6.07, 6.45) is 8.72. The number of amides is 1. The zero-order chi connectivity index (χ0) is 24.0. The first-order valence-corrected chi connectivity index (χ1v) is 13.4. The van der Waals surface area contributed by atoms with Crippen LogP contribution in [0.4, 0.5) is 5.69 Å². The molecule has 188 valence electrons. The molecule has 2 aliphatic heterocycles. The average molecular weight is 478 g/mol. The molecule has 0 aromatic heterocycles. The van der Waals surface area contributed by atoms with Crippen LogP contribution in [0.5, 0.6) is 11.5 Å². The van der Waals surface area contributed by atoms with Crippen LogP contribution in [0.1, 0.15) is 50.5 Å². The van der Waals surface area contributed by atoms with Crippen molar-refractivity contribution in [2.75, 3.05) is 38.2 Å². The smallest absolute Gasteiger partial charge is 0.224 e. The Morgan fingerprint density at radius 2 is 1.83 bits per heavy atom. The molecule has 5 rings (SSSR count). The van der Waals surface area contributed by atoms with Crippen LogP contribution < -0.4 is 19.7 Å². The molecule has 2 atom stereocenters. The lowest BCUT2D eigenvalue weighted by molar-refractivity contribution is -0.134. The molecule has 3 fully saturated rings. The average Bonchev–Trinajstić information content (AvgIpc) is 3.59. The lowest BCUT2D eigenvalue weighted by Gasteiger charge is -2.43. The summed E-state index contributed by atoms with van der Waals surface area (Å²) in [6.45, 7) is 3.41. The number of ether oxygens (including phenoxy) is 2. The largest absolute Gasteiger partial charge is 0.493 e. The second-order valence-electron chi connectivity index (χ2n) is 10.2. The third-order valence-electron chi connectivity index (χ3n) is 7.81. The second kappa shape index (κ2) is 11.3. The molecule has 35 heavy (non-hydrogen) atoms. The van der Waals surface area contributed by atoms with E-state index in [1.165, 1.54) is 24.8 Å². The molecular weight excluding hydrogens is 438 g/mol. The predicted molar refractivity (Wildman–Crippen MR) is 139 cm³/mol. The molecule has 0 bridgehead atoms. The minimum Gasteiger partial charge on any atom is -0.493 e. The molecule has 1 aliphatic carbocycles. The zero-order valence-corrected chi connectivity index (χ0v) is 21.0. The van der Waals surface area contributed by atoms with E-state index in [2.05, 4.69) is 57.6 Å². The highest BCUT2D eigenvalue weighted by atomic mass is 16.5. The van der Waals surface area contributed by atoms with E-state index >= 15 is 0 Å². The van der Waals surface area contributed by atoms with Gasteiger partial charge in [-0.25, -0.2) is 0 Å². The Bertz CT molecular complexity index is 970. The number of hydrogen-bond acceptors (Lipinski definition) is 5. The minimum absolute atomic E-state index is 0.140. The molecule has 3 aliphatic rings. The number of carbonyl (C=O) groups excluding carboxylic acids is 1. The van der Waals surface area contributed by atoms with E-state index in [0.29, 0.717) is 12.5 Å². The van der Waals surface area contributed by atoms with Gasteiger partial charge in [-0.1, -0.05) is 30.3 Å². The van der Waals surface area contributed by atoms with Crippen molar-refractivity contribution in [2.45, 2.75) is 69.6 Å². The Labute approximate surface area is 209 Å². The van der Waals surface area contributed by atoms with Crippen LogP contribution in [0.3, 0.4) is 0 Å². The van der Waals surface area contributed by atoms with Gasteiger partial charge in [-0.2, -0.15) is 0 Å². The van der Waals surface area contributed by atoms with E-state index in [0.717, 1.165) is 69.0 Å². The van der Waals surface area contributed by atoms with Gasteiger partial charge in [-0.05, 0) is 69.2 Å². The summed E-state index contributed by atoms with van der Waals surface area (Å²) >= 11 is 0. The fourth-order valence-corrected chi connectivity index (χ4v) is 5.88. The predicted octanol–water partition coefficient (Wildman–Crippen LogP) is 4.42. The SMILES string of the molecule is COc1ccc(N2CCN(C(=O)CC3CCCN3)[C@@H](Cc3ccccc3)C2)cc1OC1CCCC1. The maximum absolute atomic E-state index is 13.4. The summed E-state index contributed by atoms with van der Waals surface area (Å²) < 4.78 is 12.0. The van der Waals surface area contributed by atoms with E-state index in [1.807, 2.05) is 6.07 Å². The van der Waals surface area contributed by atoms with Crippen molar-refractivity contribution >= 4 is 11.6 Å². The quantitative estimate of drug-likeness (QED) is 0.610. The summed E-state index contributed by atoms with van der Waals surface area (Å²) in [5.41, 5.74) is 2.41. The van der Waals surface area contributed by atoms with Gasteiger partial charge in [0.15, 0.2) is 11.5 Å². The number of piperazine rings is 1. The summed E-state index contributed by atoms with van der Waals surface area (Å²) in [4.78, 5) is 17.9. The highest BCUT2D eigenvalue weighted by molar-refractivity contribution is 5.78. The third-order valence-corrected chi connectivity index (χ3v) is 7.81. The normalized spacial score (nSPS) is 23.0. The van der Waals surface area contributed by atoms with Crippen LogP contribution >= 0.6 is 0 Å². The first kappa shape index (κ1) is 24.0. The van der Waals surface area contributed by atoms with Crippen molar-refractivity contribution in [3.05, 3.63) is 54.1 Å². The van der Waals surface area contributed by atoms with E-state index in [4.69, 9.17) is 9.47 Å². The molecule has 0 radical (unpaired) electrons. The van der Waals surface area contributed by atoms with Crippen LogP contribution in [0.15, 0.2) is 48.5 Å². The Balaban J connectivity index is 1.33. The molecule has 6 heteroatoms. The van der Waals surface area contributed by atoms with Crippen LogP contribution in [0, 0.1) is 0 Å². The van der Waals surface area contributed by atoms with Crippen LogP contribution in [-0.2, 0) is 11.2 Å². The van der Waals surface area contributed by atoms with Gasteiger partial charge in [0.25, 0.3) is 0 Å². The van der Waals surface area contributed by atoms with Crippen molar-refractivity contribution in [2.24, 2.45) is 0 Å². The van der Waals surface area contributed by atoms with Gasteiger partial charge in [0.1, 0.15) is 0 Å². The number of methoxy groups -OCH3 is 1. The molecule has 1 N–H and O–H groups in total. The molecule has 6 nitrogen and oxygen atoms in total. The number of anilines is 1. The highest BCUT2D eigenvalue weighted by Gasteiger charge is 2.32. The van der Waals surface area contributed by atoms with Crippen LogP contribution in [0.25, 0.3) is 0 Å². The van der Waals surface area contributed by atoms with Gasteiger partial charge >= 0.3 is 0 Å². The van der Waals surface area contributed by atoms with Crippen LogP contribution in [0.2, 0.25) is 0 Å². The number of benzene rings is 2. The highest BCUT2D eigenvalue weighted by Crippen LogP contribution is 2.36. The van der Waals surface area contributed by atoms with Crippen molar-refractivity contribution in [1.29, 1.82) is 0 Å².